The molecular weight excluding hydrogens is 230 g/mol. The monoisotopic (exact) mass is 243 g/mol. The van der Waals surface area contributed by atoms with E-state index in [1.807, 2.05) is 0 Å². The molecule has 0 bridgehead atoms. The lowest BCUT2D eigenvalue weighted by molar-refractivity contribution is 0.358. The van der Waals surface area contributed by atoms with Gasteiger partial charge in [0.2, 0.25) is 10.0 Å². The molecule has 0 aliphatic carbocycles. The third-order valence-electron chi connectivity index (χ3n) is 1.81. The van der Waals surface area contributed by atoms with Crippen LogP contribution in [0, 0.1) is 0 Å². The molecule has 0 spiro atoms. The molecule has 1 rings (SSSR count). The predicted molar refractivity (Wildman–Crippen MR) is 60.1 cm³/mol. The molecule has 2 N–H and O–H groups in total. The number of hydrogen-bond donors (Lipinski definition) is 1. The lowest BCUT2D eigenvalue weighted by Gasteiger charge is -2.09. The fraction of sp³-hybridized carbons (Fsp3) is 0.200. The summed E-state index contributed by atoms with van der Waals surface area (Å²) < 4.78 is 32.6. The van der Waals surface area contributed by atoms with Crippen molar-refractivity contribution in [3.05, 3.63) is 30.9 Å². The van der Waals surface area contributed by atoms with Gasteiger partial charge in [-0.2, -0.15) is 0 Å². The normalized spacial score (nSPS) is 10.9. The van der Waals surface area contributed by atoms with Crippen LogP contribution >= 0.6 is 0 Å². The average Bonchev–Trinajstić information content (AvgIpc) is 2.24. The Morgan fingerprint density at radius 3 is 2.69 bits per heavy atom. The molecule has 0 amide bonds. The summed E-state index contributed by atoms with van der Waals surface area (Å²) >= 11 is 0. The maximum Gasteiger partial charge on any atom is 0.241 e. The van der Waals surface area contributed by atoms with Crippen molar-refractivity contribution in [3.63, 3.8) is 0 Å². The van der Waals surface area contributed by atoms with Gasteiger partial charge in [0.1, 0.15) is 23.0 Å². The number of rotatable bonds is 5. The minimum Gasteiger partial charge on any atom is -0.495 e. The first-order chi connectivity index (χ1) is 7.49. The van der Waals surface area contributed by atoms with E-state index in [2.05, 4.69) is 6.58 Å². The van der Waals surface area contributed by atoms with Gasteiger partial charge in [-0.05, 0) is 12.1 Å². The summed E-state index contributed by atoms with van der Waals surface area (Å²) in [6, 6.07) is 4.40. The maximum atomic E-state index is 11.3. The first-order valence-corrected chi connectivity index (χ1v) is 5.98. The van der Waals surface area contributed by atoms with Gasteiger partial charge in [-0.15, -0.1) is 0 Å². The molecule has 0 heterocycles. The molecule has 0 unspecified atom stereocenters. The van der Waals surface area contributed by atoms with Gasteiger partial charge in [0.25, 0.3) is 0 Å². The van der Waals surface area contributed by atoms with E-state index >= 15 is 0 Å². The van der Waals surface area contributed by atoms with Gasteiger partial charge in [0, 0.05) is 6.07 Å². The van der Waals surface area contributed by atoms with E-state index in [1.165, 1.54) is 19.2 Å². The lowest BCUT2D eigenvalue weighted by atomic mass is 10.3. The second kappa shape index (κ2) is 5.00. The quantitative estimate of drug-likeness (QED) is 0.779. The summed E-state index contributed by atoms with van der Waals surface area (Å²) in [5, 5.41) is 5.05. The largest absolute Gasteiger partial charge is 0.495 e. The van der Waals surface area contributed by atoms with Crippen LogP contribution in [-0.2, 0) is 10.0 Å². The van der Waals surface area contributed by atoms with Crippen molar-refractivity contribution in [1.29, 1.82) is 0 Å². The molecule has 1 aromatic rings. The second-order valence-electron chi connectivity index (χ2n) is 2.96. The molecule has 0 atom stereocenters. The SMILES string of the molecule is C=CCOc1ccc(OC)c(S(N)(=O)=O)c1. The van der Waals surface area contributed by atoms with Crippen molar-refractivity contribution in [1.82, 2.24) is 0 Å². The van der Waals surface area contributed by atoms with E-state index in [4.69, 9.17) is 14.6 Å². The Balaban J connectivity index is 3.16. The van der Waals surface area contributed by atoms with Crippen LogP contribution in [0.25, 0.3) is 0 Å². The van der Waals surface area contributed by atoms with Crippen molar-refractivity contribution in [2.75, 3.05) is 13.7 Å². The van der Waals surface area contributed by atoms with Gasteiger partial charge < -0.3 is 9.47 Å². The molecule has 0 aliphatic heterocycles. The van der Waals surface area contributed by atoms with Crippen LogP contribution in [-0.4, -0.2) is 22.1 Å². The topological polar surface area (TPSA) is 78.6 Å². The summed E-state index contributed by atoms with van der Waals surface area (Å²) in [5.74, 6) is 0.582. The van der Waals surface area contributed by atoms with Crippen LogP contribution in [0.15, 0.2) is 35.7 Å². The standard InChI is InChI=1S/C10H13NO4S/c1-3-6-15-8-4-5-9(14-2)10(7-8)16(11,12)13/h3-5,7H,1,6H2,2H3,(H2,11,12,13). The van der Waals surface area contributed by atoms with E-state index in [-0.39, 0.29) is 17.3 Å². The first-order valence-electron chi connectivity index (χ1n) is 4.43. The van der Waals surface area contributed by atoms with Crippen LogP contribution in [0.4, 0.5) is 0 Å². The molecule has 1 aromatic carbocycles. The zero-order valence-electron chi connectivity index (χ0n) is 8.84. The number of ether oxygens (including phenoxy) is 2. The van der Waals surface area contributed by atoms with Crippen LogP contribution in [0.2, 0.25) is 0 Å². The highest BCUT2D eigenvalue weighted by atomic mass is 32.2. The highest BCUT2D eigenvalue weighted by molar-refractivity contribution is 7.89. The van der Waals surface area contributed by atoms with Crippen molar-refractivity contribution in [2.45, 2.75) is 4.90 Å². The fourth-order valence-corrected chi connectivity index (χ4v) is 1.84. The molecule has 0 radical (unpaired) electrons. The van der Waals surface area contributed by atoms with E-state index < -0.39 is 10.0 Å². The molecular formula is C10H13NO4S. The number of methoxy groups -OCH3 is 1. The molecule has 16 heavy (non-hydrogen) atoms. The summed E-state index contributed by atoms with van der Waals surface area (Å²) in [7, 11) is -2.45. The summed E-state index contributed by atoms with van der Waals surface area (Å²) in [6.45, 7) is 3.78. The van der Waals surface area contributed by atoms with Crippen LogP contribution in [0.1, 0.15) is 0 Å². The first kappa shape index (κ1) is 12.5. The Bertz CT molecular complexity index is 482. The Labute approximate surface area is 94.5 Å². The number of hydrogen-bond acceptors (Lipinski definition) is 4. The minimum atomic E-state index is -3.82. The number of benzene rings is 1. The molecule has 0 saturated heterocycles. The third kappa shape index (κ3) is 2.98. The molecule has 0 saturated carbocycles. The number of sulfonamides is 1. The zero-order chi connectivity index (χ0) is 12.2. The summed E-state index contributed by atoms with van der Waals surface area (Å²) in [5.41, 5.74) is 0. The van der Waals surface area contributed by atoms with Crippen LogP contribution in [0.5, 0.6) is 11.5 Å². The zero-order valence-corrected chi connectivity index (χ0v) is 9.66. The molecule has 5 nitrogen and oxygen atoms in total. The molecule has 0 aliphatic rings. The third-order valence-corrected chi connectivity index (χ3v) is 2.74. The van der Waals surface area contributed by atoms with Gasteiger partial charge in [-0.3, -0.25) is 0 Å². The van der Waals surface area contributed by atoms with Gasteiger partial charge in [0.15, 0.2) is 0 Å². The molecule has 0 fully saturated rings. The maximum absolute atomic E-state index is 11.3. The summed E-state index contributed by atoms with van der Waals surface area (Å²) in [4.78, 5) is -0.100. The Hall–Kier alpha value is -1.53. The molecule has 6 heteroatoms. The Morgan fingerprint density at radius 2 is 2.19 bits per heavy atom. The van der Waals surface area contributed by atoms with Gasteiger partial charge in [0.05, 0.1) is 7.11 Å². The highest BCUT2D eigenvalue weighted by Gasteiger charge is 2.15. The van der Waals surface area contributed by atoms with Crippen molar-refractivity contribution >= 4 is 10.0 Å². The average molecular weight is 243 g/mol. The van der Waals surface area contributed by atoms with Gasteiger partial charge in [-0.1, -0.05) is 12.7 Å². The second-order valence-corrected chi connectivity index (χ2v) is 4.49. The van der Waals surface area contributed by atoms with Gasteiger partial charge >= 0.3 is 0 Å². The fourth-order valence-electron chi connectivity index (χ4n) is 1.12. The molecule has 88 valence electrons. The Morgan fingerprint density at radius 1 is 1.50 bits per heavy atom. The predicted octanol–water partition coefficient (Wildman–Crippen LogP) is 0.907. The van der Waals surface area contributed by atoms with E-state index in [9.17, 15) is 8.42 Å². The van der Waals surface area contributed by atoms with E-state index in [0.717, 1.165) is 0 Å². The number of primary sulfonamides is 1. The smallest absolute Gasteiger partial charge is 0.241 e. The van der Waals surface area contributed by atoms with E-state index in [1.54, 1.807) is 12.1 Å². The van der Waals surface area contributed by atoms with Crippen LogP contribution < -0.4 is 14.6 Å². The van der Waals surface area contributed by atoms with Crippen molar-refractivity contribution in [2.24, 2.45) is 5.14 Å². The summed E-state index contributed by atoms with van der Waals surface area (Å²) in [6.07, 6.45) is 1.56. The Kier molecular flexibility index (Phi) is 3.92. The number of nitrogens with two attached hydrogens (primary N) is 1. The lowest BCUT2D eigenvalue weighted by Crippen LogP contribution is -2.13. The van der Waals surface area contributed by atoms with Crippen molar-refractivity contribution < 1.29 is 17.9 Å². The van der Waals surface area contributed by atoms with Crippen molar-refractivity contribution in [3.8, 4) is 11.5 Å². The molecule has 0 aromatic heterocycles. The minimum absolute atomic E-state index is 0.100. The van der Waals surface area contributed by atoms with E-state index in [0.29, 0.717) is 5.75 Å². The highest BCUT2D eigenvalue weighted by Crippen LogP contribution is 2.27. The van der Waals surface area contributed by atoms with Crippen LogP contribution in [0.3, 0.4) is 0 Å². The van der Waals surface area contributed by atoms with Gasteiger partial charge in [-0.25, -0.2) is 13.6 Å².